The molecule has 2 amide bonds. The van der Waals surface area contributed by atoms with Crippen molar-refractivity contribution in [1.82, 2.24) is 0 Å². The van der Waals surface area contributed by atoms with E-state index in [-0.39, 0.29) is 5.91 Å². The third-order valence-electron chi connectivity index (χ3n) is 3.64. The first-order chi connectivity index (χ1) is 12.1. The van der Waals surface area contributed by atoms with Gasteiger partial charge >= 0.3 is 0 Å². The first-order valence-electron chi connectivity index (χ1n) is 7.57. The van der Waals surface area contributed by atoms with E-state index in [0.717, 1.165) is 5.56 Å². The van der Waals surface area contributed by atoms with Gasteiger partial charge in [-0.25, -0.2) is 0 Å². The Hall–Kier alpha value is -3.28. The first-order valence-corrected chi connectivity index (χ1v) is 7.57. The molecule has 0 aliphatic heterocycles. The van der Waals surface area contributed by atoms with Crippen molar-refractivity contribution < 1.29 is 19.1 Å². The number of carbonyl (C=O) groups excluding carboxylic acids is 2. The Morgan fingerprint density at radius 3 is 2.48 bits per heavy atom. The van der Waals surface area contributed by atoms with Crippen LogP contribution in [0, 0.1) is 0 Å². The number of amides is 2. The van der Waals surface area contributed by atoms with Crippen LogP contribution in [-0.2, 0) is 9.59 Å². The fraction of sp³-hybridized carbons (Fsp3) is 0.158. The maximum absolute atomic E-state index is 12.4. The van der Waals surface area contributed by atoms with E-state index >= 15 is 0 Å². The molecule has 6 heteroatoms. The minimum absolute atomic E-state index is 0.227. The molecule has 0 atom stereocenters. The van der Waals surface area contributed by atoms with E-state index in [1.54, 1.807) is 63.7 Å². The first kappa shape index (κ1) is 18.1. The summed E-state index contributed by atoms with van der Waals surface area (Å²) in [6.07, 6.45) is 3.73. The van der Waals surface area contributed by atoms with Crippen LogP contribution in [0.1, 0.15) is 5.56 Å². The van der Waals surface area contributed by atoms with Gasteiger partial charge in [0.1, 0.15) is 0 Å². The Kier molecular flexibility index (Phi) is 6.17. The number of para-hydroxylation sites is 2. The zero-order valence-corrected chi connectivity index (χ0v) is 14.4. The average Bonchev–Trinajstić information content (AvgIpc) is 2.65. The molecule has 2 rings (SSSR count). The monoisotopic (exact) mass is 340 g/mol. The summed E-state index contributed by atoms with van der Waals surface area (Å²) in [5.41, 5.74) is 1.98. The maximum atomic E-state index is 12.4. The molecule has 2 aromatic rings. The van der Waals surface area contributed by atoms with E-state index in [1.165, 1.54) is 11.0 Å². The Morgan fingerprint density at radius 2 is 1.80 bits per heavy atom. The van der Waals surface area contributed by atoms with Crippen molar-refractivity contribution in [3.05, 3.63) is 54.1 Å². The van der Waals surface area contributed by atoms with Gasteiger partial charge < -0.3 is 19.7 Å². The Bertz CT molecular complexity index is 787. The molecule has 25 heavy (non-hydrogen) atoms. The highest BCUT2D eigenvalue weighted by Gasteiger charge is 2.12. The third-order valence-corrected chi connectivity index (χ3v) is 3.64. The van der Waals surface area contributed by atoms with E-state index in [2.05, 4.69) is 5.32 Å². The smallest absolute Gasteiger partial charge is 0.250 e. The highest BCUT2D eigenvalue weighted by atomic mass is 16.5. The van der Waals surface area contributed by atoms with Crippen LogP contribution >= 0.6 is 0 Å². The second-order valence-electron chi connectivity index (χ2n) is 5.12. The number of methoxy groups -OCH3 is 2. The number of hydrogen-bond acceptors (Lipinski definition) is 4. The molecule has 2 aromatic carbocycles. The molecule has 0 heterocycles. The minimum Gasteiger partial charge on any atom is -0.493 e. The Balaban J connectivity index is 2.19. The lowest BCUT2D eigenvalue weighted by Crippen LogP contribution is -2.24. The normalized spacial score (nSPS) is 10.4. The van der Waals surface area contributed by atoms with Crippen molar-refractivity contribution in [2.75, 3.05) is 31.5 Å². The summed E-state index contributed by atoms with van der Waals surface area (Å²) in [6.45, 7) is 0. The third kappa shape index (κ3) is 4.38. The summed E-state index contributed by atoms with van der Waals surface area (Å²) in [5.74, 6) is 0.984. The van der Waals surface area contributed by atoms with Crippen LogP contribution in [0.3, 0.4) is 0 Å². The summed E-state index contributed by atoms with van der Waals surface area (Å²) in [5, 5.41) is 2.58. The molecule has 0 saturated carbocycles. The van der Waals surface area contributed by atoms with Crippen molar-refractivity contribution in [2.45, 2.75) is 0 Å². The van der Waals surface area contributed by atoms with E-state index in [4.69, 9.17) is 9.47 Å². The number of ether oxygens (including phenoxy) is 2. The number of carbonyl (C=O) groups is 2. The summed E-state index contributed by atoms with van der Waals surface area (Å²) in [7, 11) is 4.77. The molecule has 0 bridgehead atoms. The van der Waals surface area contributed by atoms with Crippen molar-refractivity contribution in [3.63, 3.8) is 0 Å². The molecule has 0 saturated heterocycles. The quantitative estimate of drug-likeness (QED) is 0.621. The van der Waals surface area contributed by atoms with Crippen LogP contribution in [0.4, 0.5) is 11.4 Å². The highest BCUT2D eigenvalue weighted by molar-refractivity contribution is 6.05. The van der Waals surface area contributed by atoms with Gasteiger partial charge in [-0.2, -0.15) is 0 Å². The van der Waals surface area contributed by atoms with Crippen molar-refractivity contribution in [1.29, 1.82) is 0 Å². The molecule has 1 N–H and O–H groups in total. The van der Waals surface area contributed by atoms with Crippen LogP contribution in [0.15, 0.2) is 48.5 Å². The van der Waals surface area contributed by atoms with Crippen molar-refractivity contribution in [2.24, 2.45) is 0 Å². The molecule has 0 unspecified atom stereocenters. The van der Waals surface area contributed by atoms with Crippen molar-refractivity contribution >= 4 is 29.8 Å². The minimum atomic E-state index is -0.227. The van der Waals surface area contributed by atoms with E-state index < -0.39 is 0 Å². The maximum Gasteiger partial charge on any atom is 0.250 e. The second kappa shape index (κ2) is 8.54. The standard InChI is InChI=1S/C19H20N2O4/c1-21(16-7-5-4-6-15(16)20-13-22)19(23)11-9-14-8-10-17(24-2)18(12-14)25-3/h4-13H,1-3H3,(H,20,22)/b11-9+. The lowest BCUT2D eigenvalue weighted by Gasteiger charge is -2.18. The lowest BCUT2D eigenvalue weighted by molar-refractivity contribution is -0.113. The molecule has 6 nitrogen and oxygen atoms in total. The van der Waals surface area contributed by atoms with Gasteiger partial charge in [0, 0.05) is 13.1 Å². The molecule has 0 aromatic heterocycles. The Labute approximate surface area is 146 Å². The lowest BCUT2D eigenvalue weighted by atomic mass is 10.2. The predicted octanol–water partition coefficient (Wildman–Crippen LogP) is 2.95. The number of nitrogens with one attached hydrogen (secondary N) is 1. The molecule has 0 radical (unpaired) electrons. The van der Waals surface area contributed by atoms with Crippen LogP contribution < -0.4 is 19.7 Å². The van der Waals surface area contributed by atoms with E-state index in [9.17, 15) is 9.59 Å². The summed E-state index contributed by atoms with van der Waals surface area (Å²) >= 11 is 0. The number of benzene rings is 2. The van der Waals surface area contributed by atoms with Crippen LogP contribution in [0.25, 0.3) is 6.08 Å². The molecule has 130 valence electrons. The number of nitrogens with zero attached hydrogens (tertiary/aromatic N) is 1. The number of anilines is 2. The highest BCUT2D eigenvalue weighted by Crippen LogP contribution is 2.28. The summed E-state index contributed by atoms with van der Waals surface area (Å²) < 4.78 is 10.4. The number of likely N-dealkylation sites (N-methyl/N-ethyl adjacent to an activating group) is 1. The molecule has 0 aliphatic carbocycles. The Morgan fingerprint density at radius 1 is 1.08 bits per heavy atom. The van der Waals surface area contributed by atoms with E-state index in [1.807, 2.05) is 6.07 Å². The van der Waals surface area contributed by atoms with Crippen LogP contribution in [0.2, 0.25) is 0 Å². The second-order valence-corrected chi connectivity index (χ2v) is 5.12. The van der Waals surface area contributed by atoms with Crippen molar-refractivity contribution in [3.8, 4) is 11.5 Å². The number of hydrogen-bond donors (Lipinski definition) is 1. The topological polar surface area (TPSA) is 67.9 Å². The molecule has 0 aliphatic rings. The predicted molar refractivity (Wildman–Crippen MR) is 98.1 cm³/mol. The average molecular weight is 340 g/mol. The van der Waals surface area contributed by atoms with E-state index in [0.29, 0.717) is 29.3 Å². The SMILES string of the molecule is COc1ccc(/C=C/C(=O)N(C)c2ccccc2NC=O)cc1OC. The van der Waals surface area contributed by atoms with Gasteiger partial charge in [-0.3, -0.25) is 9.59 Å². The van der Waals surface area contributed by atoms with Gasteiger partial charge in [0.25, 0.3) is 5.91 Å². The van der Waals surface area contributed by atoms with Gasteiger partial charge in [-0.05, 0) is 35.9 Å². The molecular formula is C19H20N2O4. The van der Waals surface area contributed by atoms with Crippen LogP contribution in [-0.4, -0.2) is 33.6 Å². The zero-order valence-electron chi connectivity index (χ0n) is 14.4. The van der Waals surface area contributed by atoms with Gasteiger partial charge in [-0.15, -0.1) is 0 Å². The molecule has 0 fully saturated rings. The van der Waals surface area contributed by atoms with Gasteiger partial charge in [0.2, 0.25) is 6.41 Å². The fourth-order valence-electron chi connectivity index (χ4n) is 2.31. The molecule has 0 spiro atoms. The van der Waals surface area contributed by atoms with Gasteiger partial charge in [0.15, 0.2) is 11.5 Å². The molecular weight excluding hydrogens is 320 g/mol. The van der Waals surface area contributed by atoms with Crippen LogP contribution in [0.5, 0.6) is 11.5 Å². The zero-order chi connectivity index (χ0) is 18.2. The summed E-state index contributed by atoms with van der Waals surface area (Å²) in [6, 6.07) is 12.5. The largest absolute Gasteiger partial charge is 0.493 e. The summed E-state index contributed by atoms with van der Waals surface area (Å²) in [4.78, 5) is 24.6. The fourth-order valence-corrected chi connectivity index (χ4v) is 2.31. The number of rotatable bonds is 7. The van der Waals surface area contributed by atoms with Gasteiger partial charge in [0.05, 0.1) is 25.6 Å². The van der Waals surface area contributed by atoms with Gasteiger partial charge in [-0.1, -0.05) is 18.2 Å².